The number of benzene rings is 2. The van der Waals surface area contributed by atoms with E-state index in [0.29, 0.717) is 51.4 Å². The van der Waals surface area contributed by atoms with Gasteiger partial charge >= 0.3 is 0 Å². The number of nitrogens with zero attached hydrogens (tertiary/aromatic N) is 5. The number of H-pyrrole nitrogens is 1. The summed E-state index contributed by atoms with van der Waals surface area (Å²) >= 11 is 6.31. The van der Waals surface area contributed by atoms with Crippen LogP contribution in [0.1, 0.15) is 33.4 Å². The molecule has 4 aromatic heterocycles. The Balaban J connectivity index is 0.000000168. The zero-order valence-corrected chi connectivity index (χ0v) is 23.8. The number of aromatic nitrogens is 6. The molecule has 0 aliphatic heterocycles. The fraction of sp³-hybridized carbons (Fsp3) is 0.133. The molecule has 0 aliphatic rings. The Hall–Kier alpha value is -5.29. The molecule has 0 fully saturated rings. The second-order valence-electron chi connectivity index (χ2n) is 9.74. The maximum absolute atomic E-state index is 12.3. The Labute approximate surface area is 246 Å². The van der Waals surface area contributed by atoms with Gasteiger partial charge in [0.15, 0.2) is 5.65 Å². The van der Waals surface area contributed by atoms with E-state index in [9.17, 15) is 4.79 Å². The largest absolute Gasteiger partial charge is 0.383 e. The van der Waals surface area contributed by atoms with Gasteiger partial charge < -0.3 is 27.9 Å². The van der Waals surface area contributed by atoms with E-state index in [2.05, 4.69) is 29.9 Å². The average Bonchev–Trinajstić information content (AvgIpc) is 2.94. The van der Waals surface area contributed by atoms with Crippen molar-refractivity contribution in [3.63, 3.8) is 0 Å². The summed E-state index contributed by atoms with van der Waals surface area (Å²) in [7, 11) is 0. The molecular formula is C30H29ClN10O. The maximum Gasteiger partial charge on any atom is 0.253 e. The highest BCUT2D eigenvalue weighted by molar-refractivity contribution is 6.30. The van der Waals surface area contributed by atoms with Crippen LogP contribution >= 0.6 is 11.6 Å². The molecule has 11 nitrogen and oxygen atoms in total. The zero-order valence-electron chi connectivity index (χ0n) is 23.0. The molecule has 212 valence electrons. The predicted octanol–water partition coefficient (Wildman–Crippen LogP) is 4.12. The lowest BCUT2D eigenvalue weighted by molar-refractivity contribution is 1.07. The first kappa shape index (κ1) is 28.2. The van der Waals surface area contributed by atoms with Crippen LogP contribution in [0, 0.1) is 13.8 Å². The third kappa shape index (κ3) is 5.77. The SMILES string of the molecule is Cc1c(Cc2ccccc2)c(=O)[nH]c2nc(N)nc(N)c12.Cc1c(Cc2ccccc2)c(Cl)nc2nc(N)nc(N)c12. The van der Waals surface area contributed by atoms with Gasteiger partial charge in [0.25, 0.3) is 5.56 Å². The lowest BCUT2D eigenvalue weighted by Gasteiger charge is -2.12. The van der Waals surface area contributed by atoms with Gasteiger partial charge in [0.05, 0.1) is 10.8 Å². The summed E-state index contributed by atoms with van der Waals surface area (Å²) in [5, 5.41) is 1.77. The normalized spacial score (nSPS) is 10.9. The Kier molecular flexibility index (Phi) is 7.85. The minimum absolute atomic E-state index is 0.0471. The number of hydrogen-bond acceptors (Lipinski definition) is 10. The van der Waals surface area contributed by atoms with Crippen LogP contribution in [-0.2, 0) is 12.8 Å². The number of pyridine rings is 2. The van der Waals surface area contributed by atoms with Gasteiger partial charge in [-0.2, -0.15) is 19.9 Å². The van der Waals surface area contributed by atoms with Crippen LogP contribution in [0.4, 0.5) is 23.5 Å². The van der Waals surface area contributed by atoms with Gasteiger partial charge in [-0.3, -0.25) is 4.79 Å². The Morgan fingerprint density at radius 1 is 0.667 bits per heavy atom. The van der Waals surface area contributed by atoms with Crippen molar-refractivity contribution in [1.82, 2.24) is 29.9 Å². The van der Waals surface area contributed by atoms with Crippen molar-refractivity contribution in [1.29, 1.82) is 0 Å². The molecule has 4 heterocycles. The van der Waals surface area contributed by atoms with Crippen LogP contribution in [0.2, 0.25) is 5.15 Å². The molecule has 0 atom stereocenters. The van der Waals surface area contributed by atoms with Crippen molar-refractivity contribution >= 4 is 57.2 Å². The van der Waals surface area contributed by atoms with Crippen molar-refractivity contribution in [3.8, 4) is 0 Å². The highest BCUT2D eigenvalue weighted by Crippen LogP contribution is 2.30. The summed E-state index contributed by atoms with van der Waals surface area (Å²) < 4.78 is 0. The maximum atomic E-state index is 12.3. The quantitative estimate of drug-likeness (QED) is 0.189. The Bertz CT molecular complexity index is 1980. The number of nitrogens with one attached hydrogen (secondary N) is 1. The van der Waals surface area contributed by atoms with Crippen LogP contribution in [-0.4, -0.2) is 29.9 Å². The van der Waals surface area contributed by atoms with Crippen LogP contribution in [0.25, 0.3) is 22.1 Å². The number of nitrogens with two attached hydrogens (primary N) is 4. The number of aromatic amines is 1. The van der Waals surface area contributed by atoms with Crippen molar-refractivity contribution in [2.75, 3.05) is 22.9 Å². The number of halogens is 1. The average molecular weight is 581 g/mol. The van der Waals surface area contributed by atoms with Gasteiger partial charge in [0, 0.05) is 18.4 Å². The molecule has 0 aliphatic carbocycles. The number of fused-ring (bicyclic) bond motifs is 2. The van der Waals surface area contributed by atoms with E-state index in [1.165, 1.54) is 0 Å². The summed E-state index contributed by atoms with van der Waals surface area (Å²) in [5.41, 5.74) is 29.2. The lowest BCUT2D eigenvalue weighted by atomic mass is 10.00. The summed E-state index contributed by atoms with van der Waals surface area (Å²) in [4.78, 5) is 35.4. The zero-order chi connectivity index (χ0) is 30.0. The fourth-order valence-corrected chi connectivity index (χ4v) is 5.16. The minimum atomic E-state index is -0.179. The fourth-order valence-electron chi connectivity index (χ4n) is 4.87. The second-order valence-corrected chi connectivity index (χ2v) is 10.1. The van der Waals surface area contributed by atoms with Crippen molar-refractivity contribution < 1.29 is 0 Å². The Morgan fingerprint density at radius 2 is 1.17 bits per heavy atom. The number of anilines is 4. The molecule has 6 rings (SSSR count). The molecule has 0 amide bonds. The third-order valence-corrected chi connectivity index (χ3v) is 7.26. The van der Waals surface area contributed by atoms with E-state index in [4.69, 9.17) is 34.5 Å². The van der Waals surface area contributed by atoms with Gasteiger partial charge in [-0.1, -0.05) is 72.3 Å². The number of hydrogen-bond donors (Lipinski definition) is 5. The van der Waals surface area contributed by atoms with Crippen molar-refractivity contribution in [3.05, 3.63) is 110 Å². The molecule has 0 saturated carbocycles. The van der Waals surface area contributed by atoms with Gasteiger partial charge in [-0.05, 0) is 41.7 Å². The van der Waals surface area contributed by atoms with E-state index in [1.807, 2.05) is 74.5 Å². The molecule has 0 radical (unpaired) electrons. The molecule has 12 heteroatoms. The highest BCUT2D eigenvalue weighted by Gasteiger charge is 2.16. The van der Waals surface area contributed by atoms with E-state index in [0.717, 1.165) is 27.8 Å². The molecule has 0 unspecified atom stereocenters. The molecule has 2 aromatic carbocycles. The van der Waals surface area contributed by atoms with E-state index < -0.39 is 0 Å². The number of nitrogen functional groups attached to an aromatic ring is 4. The smallest absolute Gasteiger partial charge is 0.253 e. The molecule has 0 bridgehead atoms. The molecule has 0 spiro atoms. The molecule has 9 N–H and O–H groups in total. The summed E-state index contributed by atoms with van der Waals surface area (Å²) in [5.74, 6) is 0.749. The standard InChI is InChI=1S/C15H14ClN5.C15H15N5O/c1-8-10(7-9-5-3-2-4-6-9)12(16)19-14-11(8)13(17)20-15(18)21-14;1-8-10(7-9-5-3-2-4-6-9)14(21)19-13-11(8)12(16)18-15(17)20-13/h2-6H,7H2,1H3,(H4,17,18,19,20,21);2-6H,7H2,1H3,(H5,16,17,18,19,20,21). The summed E-state index contributed by atoms with van der Waals surface area (Å²) in [6.07, 6.45) is 1.21. The Morgan fingerprint density at radius 3 is 1.76 bits per heavy atom. The van der Waals surface area contributed by atoms with E-state index in [1.54, 1.807) is 0 Å². The van der Waals surface area contributed by atoms with Gasteiger partial charge in [0.1, 0.15) is 22.4 Å². The summed E-state index contributed by atoms with van der Waals surface area (Å²) in [6, 6.07) is 19.8. The van der Waals surface area contributed by atoms with Crippen LogP contribution < -0.4 is 28.5 Å². The number of aryl methyl sites for hydroxylation is 2. The van der Waals surface area contributed by atoms with Crippen LogP contribution in [0.5, 0.6) is 0 Å². The molecular weight excluding hydrogens is 552 g/mol. The van der Waals surface area contributed by atoms with Crippen LogP contribution in [0.3, 0.4) is 0 Å². The van der Waals surface area contributed by atoms with Crippen molar-refractivity contribution in [2.45, 2.75) is 26.7 Å². The summed E-state index contributed by atoms with van der Waals surface area (Å²) in [6.45, 7) is 3.80. The highest BCUT2D eigenvalue weighted by atomic mass is 35.5. The van der Waals surface area contributed by atoms with E-state index in [-0.39, 0.29) is 23.3 Å². The van der Waals surface area contributed by atoms with Crippen molar-refractivity contribution in [2.24, 2.45) is 0 Å². The van der Waals surface area contributed by atoms with Gasteiger partial charge in [0.2, 0.25) is 11.9 Å². The first-order chi connectivity index (χ1) is 20.1. The van der Waals surface area contributed by atoms with Gasteiger partial charge in [-0.15, -0.1) is 0 Å². The molecule has 6 aromatic rings. The molecule has 0 saturated heterocycles. The molecule has 42 heavy (non-hydrogen) atoms. The first-order valence-electron chi connectivity index (χ1n) is 13.0. The van der Waals surface area contributed by atoms with Gasteiger partial charge in [-0.25, -0.2) is 4.98 Å². The first-order valence-corrected chi connectivity index (χ1v) is 13.4. The monoisotopic (exact) mass is 580 g/mol. The second kappa shape index (κ2) is 11.7. The topological polar surface area (TPSA) is 201 Å². The number of rotatable bonds is 4. The predicted molar refractivity (Wildman–Crippen MR) is 168 cm³/mol. The lowest BCUT2D eigenvalue weighted by Crippen LogP contribution is -2.17. The minimum Gasteiger partial charge on any atom is -0.383 e. The van der Waals surface area contributed by atoms with Crippen LogP contribution in [0.15, 0.2) is 65.5 Å². The van der Waals surface area contributed by atoms with E-state index >= 15 is 0 Å². The third-order valence-electron chi connectivity index (χ3n) is 6.95.